The van der Waals surface area contributed by atoms with Crippen molar-refractivity contribution >= 4 is 33.5 Å². The van der Waals surface area contributed by atoms with Crippen molar-refractivity contribution in [3.63, 3.8) is 0 Å². The van der Waals surface area contributed by atoms with E-state index in [1.807, 2.05) is 20.8 Å². The zero-order chi connectivity index (χ0) is 14.5. The summed E-state index contributed by atoms with van der Waals surface area (Å²) < 4.78 is 5.93. The normalized spacial score (nSPS) is 10.9. The molecule has 0 saturated carbocycles. The van der Waals surface area contributed by atoms with Gasteiger partial charge in [0.25, 0.3) is 0 Å². The molecule has 0 aliphatic carbocycles. The van der Waals surface area contributed by atoms with Gasteiger partial charge in [-0.05, 0) is 42.8 Å². The molecule has 0 saturated heterocycles. The summed E-state index contributed by atoms with van der Waals surface area (Å²) in [6.45, 7) is 6.38. The Labute approximate surface area is 121 Å². The molecule has 4 N–H and O–H groups in total. The maximum absolute atomic E-state index is 11.4. The number of alkyl carbamates (subject to hydrolysis) is 1. The zero-order valence-corrected chi connectivity index (χ0v) is 12.9. The minimum absolute atomic E-state index is 0.423. The first-order valence-corrected chi connectivity index (χ1v) is 6.69. The fourth-order valence-electron chi connectivity index (χ4n) is 1.26. The fraction of sp³-hybridized carbons (Fsp3) is 0.500. The van der Waals surface area contributed by atoms with E-state index in [1.165, 1.54) is 0 Å². The molecular formula is C12H19BrN4O2. The summed E-state index contributed by atoms with van der Waals surface area (Å²) in [5.41, 5.74) is 5.84. The van der Waals surface area contributed by atoms with Gasteiger partial charge in [-0.2, -0.15) is 0 Å². The van der Waals surface area contributed by atoms with Gasteiger partial charge in [0.15, 0.2) is 0 Å². The van der Waals surface area contributed by atoms with Gasteiger partial charge in [-0.25, -0.2) is 9.78 Å². The van der Waals surface area contributed by atoms with Crippen LogP contribution in [-0.4, -0.2) is 29.8 Å². The van der Waals surface area contributed by atoms with Gasteiger partial charge in [0.05, 0.1) is 5.69 Å². The van der Waals surface area contributed by atoms with E-state index in [1.54, 1.807) is 12.3 Å². The molecule has 1 aromatic rings. The maximum atomic E-state index is 11.4. The number of nitrogens with two attached hydrogens (primary N) is 1. The monoisotopic (exact) mass is 330 g/mol. The lowest BCUT2D eigenvalue weighted by molar-refractivity contribution is 0.0530. The molecule has 0 aliphatic rings. The summed E-state index contributed by atoms with van der Waals surface area (Å²) in [4.78, 5) is 15.5. The number of nitrogen functional groups attached to an aromatic ring is 1. The third kappa shape index (κ3) is 6.28. The van der Waals surface area contributed by atoms with Gasteiger partial charge in [0.1, 0.15) is 11.4 Å². The Morgan fingerprint density at radius 2 is 2.16 bits per heavy atom. The standard InChI is InChI=1S/C12H19BrN4O2/c1-12(2,3)19-11(18)16-5-4-15-10-9(14)6-8(13)7-17-10/h6-7H,4-5,14H2,1-3H3,(H,15,17)(H,16,18). The second-order valence-corrected chi connectivity index (χ2v) is 5.86. The lowest BCUT2D eigenvalue weighted by Gasteiger charge is -2.19. The fourth-order valence-corrected chi connectivity index (χ4v) is 1.61. The topological polar surface area (TPSA) is 89.3 Å². The number of carbonyl (C=O) groups excluding carboxylic acids is 1. The number of rotatable bonds is 4. The number of pyridine rings is 1. The summed E-state index contributed by atoms with van der Waals surface area (Å²) in [6, 6.07) is 1.76. The van der Waals surface area contributed by atoms with Crippen molar-refractivity contribution in [2.75, 3.05) is 24.1 Å². The predicted octanol–water partition coefficient (Wildman–Crippen LogP) is 2.36. The molecule has 7 heteroatoms. The number of hydrogen-bond donors (Lipinski definition) is 3. The van der Waals surface area contributed by atoms with Crippen LogP contribution in [0.5, 0.6) is 0 Å². The van der Waals surface area contributed by atoms with Crippen LogP contribution in [-0.2, 0) is 4.74 Å². The Morgan fingerprint density at radius 1 is 1.47 bits per heavy atom. The van der Waals surface area contributed by atoms with Gasteiger partial charge >= 0.3 is 6.09 Å². The predicted molar refractivity (Wildman–Crippen MR) is 79.1 cm³/mol. The molecule has 106 valence electrons. The Kier molecular flexibility index (Phi) is 5.41. The Morgan fingerprint density at radius 3 is 2.74 bits per heavy atom. The highest BCUT2D eigenvalue weighted by Crippen LogP contribution is 2.19. The molecule has 1 amide bonds. The smallest absolute Gasteiger partial charge is 0.407 e. The van der Waals surface area contributed by atoms with Gasteiger partial charge in [-0.1, -0.05) is 0 Å². The third-order valence-corrected chi connectivity index (χ3v) is 2.40. The van der Waals surface area contributed by atoms with E-state index in [-0.39, 0.29) is 0 Å². The quantitative estimate of drug-likeness (QED) is 0.737. The molecule has 1 heterocycles. The van der Waals surface area contributed by atoms with Crippen LogP contribution in [0.4, 0.5) is 16.3 Å². The Bertz CT molecular complexity index is 446. The molecule has 0 aliphatic heterocycles. The number of halogens is 1. The van der Waals surface area contributed by atoms with E-state index < -0.39 is 11.7 Å². The minimum atomic E-state index is -0.491. The van der Waals surface area contributed by atoms with Gasteiger partial charge in [0.2, 0.25) is 0 Å². The van der Waals surface area contributed by atoms with Gasteiger partial charge < -0.3 is 21.1 Å². The number of nitrogens with one attached hydrogen (secondary N) is 2. The average molecular weight is 331 g/mol. The Balaban J connectivity index is 2.29. The summed E-state index contributed by atoms with van der Waals surface area (Å²) in [6.07, 6.45) is 1.21. The average Bonchev–Trinajstić information content (AvgIpc) is 2.24. The van der Waals surface area contributed by atoms with E-state index in [9.17, 15) is 4.79 Å². The number of carbonyl (C=O) groups is 1. The molecule has 1 aromatic heterocycles. The molecule has 1 rings (SSSR count). The number of aromatic nitrogens is 1. The van der Waals surface area contributed by atoms with Gasteiger partial charge in [-0.15, -0.1) is 0 Å². The van der Waals surface area contributed by atoms with E-state index >= 15 is 0 Å². The van der Waals surface area contributed by atoms with Gasteiger partial charge in [0, 0.05) is 23.8 Å². The first-order chi connectivity index (χ1) is 8.78. The molecule has 19 heavy (non-hydrogen) atoms. The summed E-state index contributed by atoms with van der Waals surface area (Å²) >= 11 is 3.28. The molecule has 0 bridgehead atoms. The van der Waals surface area contributed by atoms with Crippen LogP contribution in [0, 0.1) is 0 Å². The van der Waals surface area contributed by atoms with Crippen molar-refractivity contribution in [1.29, 1.82) is 0 Å². The number of ether oxygens (including phenoxy) is 1. The SMILES string of the molecule is CC(C)(C)OC(=O)NCCNc1ncc(Br)cc1N. The summed E-state index contributed by atoms with van der Waals surface area (Å²) in [5.74, 6) is 0.592. The van der Waals surface area contributed by atoms with Crippen LogP contribution in [0.2, 0.25) is 0 Å². The highest BCUT2D eigenvalue weighted by Gasteiger charge is 2.15. The molecule has 0 aromatic carbocycles. The Hall–Kier alpha value is -1.50. The van der Waals surface area contributed by atoms with Crippen LogP contribution in [0.25, 0.3) is 0 Å². The minimum Gasteiger partial charge on any atom is -0.444 e. The van der Waals surface area contributed by atoms with Crippen LogP contribution in [0.1, 0.15) is 20.8 Å². The van der Waals surface area contributed by atoms with Crippen LogP contribution in [0.15, 0.2) is 16.7 Å². The largest absolute Gasteiger partial charge is 0.444 e. The number of hydrogen-bond acceptors (Lipinski definition) is 5. The molecule has 0 fully saturated rings. The van der Waals surface area contributed by atoms with Crippen molar-refractivity contribution in [1.82, 2.24) is 10.3 Å². The molecule has 0 unspecified atom stereocenters. The van der Waals surface area contributed by atoms with E-state index in [2.05, 4.69) is 31.5 Å². The van der Waals surface area contributed by atoms with E-state index in [0.29, 0.717) is 24.6 Å². The lowest BCUT2D eigenvalue weighted by atomic mass is 10.2. The molecule has 6 nitrogen and oxygen atoms in total. The second kappa shape index (κ2) is 6.60. The lowest BCUT2D eigenvalue weighted by Crippen LogP contribution is -2.35. The third-order valence-electron chi connectivity index (χ3n) is 1.97. The van der Waals surface area contributed by atoms with Crippen molar-refractivity contribution in [2.24, 2.45) is 0 Å². The first kappa shape index (κ1) is 15.6. The molecule has 0 atom stereocenters. The van der Waals surface area contributed by atoms with Crippen LogP contribution >= 0.6 is 15.9 Å². The van der Waals surface area contributed by atoms with Crippen LogP contribution < -0.4 is 16.4 Å². The number of anilines is 2. The molecule has 0 radical (unpaired) electrons. The highest BCUT2D eigenvalue weighted by molar-refractivity contribution is 9.10. The second-order valence-electron chi connectivity index (χ2n) is 4.95. The van der Waals surface area contributed by atoms with E-state index in [4.69, 9.17) is 10.5 Å². The number of nitrogens with zero attached hydrogens (tertiary/aromatic N) is 1. The van der Waals surface area contributed by atoms with E-state index in [0.717, 1.165) is 4.47 Å². The highest BCUT2D eigenvalue weighted by atomic mass is 79.9. The maximum Gasteiger partial charge on any atom is 0.407 e. The zero-order valence-electron chi connectivity index (χ0n) is 11.3. The number of amides is 1. The van der Waals surface area contributed by atoms with Crippen molar-refractivity contribution < 1.29 is 9.53 Å². The van der Waals surface area contributed by atoms with Crippen molar-refractivity contribution in [3.05, 3.63) is 16.7 Å². The first-order valence-electron chi connectivity index (χ1n) is 5.89. The van der Waals surface area contributed by atoms with Crippen molar-refractivity contribution in [2.45, 2.75) is 26.4 Å². The molecular weight excluding hydrogens is 312 g/mol. The summed E-state index contributed by atoms with van der Waals surface area (Å²) in [5, 5.41) is 5.67. The van der Waals surface area contributed by atoms with Gasteiger partial charge in [-0.3, -0.25) is 0 Å². The molecule has 0 spiro atoms. The van der Waals surface area contributed by atoms with Crippen LogP contribution in [0.3, 0.4) is 0 Å². The summed E-state index contributed by atoms with van der Waals surface area (Å²) in [7, 11) is 0. The van der Waals surface area contributed by atoms with Crippen molar-refractivity contribution in [3.8, 4) is 0 Å².